The zero-order valence-electron chi connectivity index (χ0n) is 14.4. The van der Waals surface area contributed by atoms with Crippen molar-refractivity contribution in [2.75, 3.05) is 5.73 Å². The maximum absolute atomic E-state index is 5.50. The molecule has 1 aromatic heterocycles. The second-order valence-corrected chi connectivity index (χ2v) is 4.56. The topological polar surface area (TPSA) is 51.8 Å². The van der Waals surface area contributed by atoms with Crippen molar-refractivity contribution in [2.45, 2.75) is 54.4 Å². The molecule has 0 aliphatic carbocycles. The van der Waals surface area contributed by atoms with Gasteiger partial charge in [0.1, 0.15) is 0 Å². The highest BCUT2D eigenvalue weighted by Crippen LogP contribution is 2.26. The number of nitrogen functional groups attached to an aromatic ring is 1. The standard InChI is InChI=1S/C14H17N3.2C2H6/c1-9(2)11-5-4-10(3)13(6-11)12-7-16-14(15)17-8-12;2*1-2/h4-9H,1-3H3,(H2,15,16,17);2*1-2H3. The molecule has 0 saturated heterocycles. The van der Waals surface area contributed by atoms with E-state index in [4.69, 9.17) is 5.73 Å². The minimum atomic E-state index is 0.311. The van der Waals surface area contributed by atoms with Gasteiger partial charge in [-0.3, -0.25) is 0 Å². The lowest BCUT2D eigenvalue weighted by atomic mass is 9.95. The molecule has 0 fully saturated rings. The lowest BCUT2D eigenvalue weighted by Crippen LogP contribution is -1.95. The summed E-state index contributed by atoms with van der Waals surface area (Å²) in [6.45, 7) is 14.5. The van der Waals surface area contributed by atoms with E-state index in [1.807, 2.05) is 27.7 Å². The number of aromatic nitrogens is 2. The Morgan fingerprint density at radius 3 is 1.95 bits per heavy atom. The molecule has 0 bridgehead atoms. The number of rotatable bonds is 2. The van der Waals surface area contributed by atoms with Crippen molar-refractivity contribution in [3.8, 4) is 11.1 Å². The fraction of sp³-hybridized carbons (Fsp3) is 0.444. The zero-order valence-corrected chi connectivity index (χ0v) is 14.4. The molecule has 0 aliphatic rings. The molecule has 116 valence electrons. The first-order valence-corrected chi connectivity index (χ1v) is 7.76. The van der Waals surface area contributed by atoms with Gasteiger partial charge in [0, 0.05) is 18.0 Å². The van der Waals surface area contributed by atoms with Crippen LogP contribution in [0.4, 0.5) is 5.95 Å². The Kier molecular flexibility index (Phi) is 9.02. The number of benzene rings is 1. The fourth-order valence-electron chi connectivity index (χ4n) is 1.79. The molecule has 0 radical (unpaired) electrons. The van der Waals surface area contributed by atoms with Gasteiger partial charge in [0.05, 0.1) is 0 Å². The summed E-state index contributed by atoms with van der Waals surface area (Å²) in [5, 5.41) is 0. The maximum Gasteiger partial charge on any atom is 0.219 e. The molecular weight excluding hydrogens is 258 g/mol. The molecule has 0 unspecified atom stereocenters. The van der Waals surface area contributed by atoms with Crippen LogP contribution < -0.4 is 5.73 Å². The lowest BCUT2D eigenvalue weighted by molar-refractivity contribution is 0.866. The van der Waals surface area contributed by atoms with Crippen LogP contribution >= 0.6 is 0 Å². The number of aryl methyl sites for hydroxylation is 1. The molecule has 0 atom stereocenters. The van der Waals surface area contributed by atoms with Gasteiger partial charge in [-0.05, 0) is 29.5 Å². The molecule has 2 N–H and O–H groups in total. The molecule has 0 amide bonds. The Morgan fingerprint density at radius 2 is 1.48 bits per heavy atom. The third-order valence-corrected chi connectivity index (χ3v) is 2.91. The van der Waals surface area contributed by atoms with E-state index >= 15 is 0 Å². The summed E-state index contributed by atoms with van der Waals surface area (Å²) in [5.41, 5.74) is 10.2. The van der Waals surface area contributed by atoms with Crippen LogP contribution in [0, 0.1) is 6.92 Å². The van der Waals surface area contributed by atoms with Crippen LogP contribution in [0.1, 0.15) is 58.6 Å². The second-order valence-electron chi connectivity index (χ2n) is 4.56. The van der Waals surface area contributed by atoms with Crippen molar-refractivity contribution < 1.29 is 0 Å². The van der Waals surface area contributed by atoms with E-state index in [9.17, 15) is 0 Å². The summed E-state index contributed by atoms with van der Waals surface area (Å²) in [4.78, 5) is 8.08. The Morgan fingerprint density at radius 1 is 0.952 bits per heavy atom. The van der Waals surface area contributed by atoms with E-state index in [0.717, 1.165) is 5.56 Å². The van der Waals surface area contributed by atoms with Gasteiger partial charge >= 0.3 is 0 Å². The summed E-state index contributed by atoms with van der Waals surface area (Å²) in [6.07, 6.45) is 3.55. The van der Waals surface area contributed by atoms with Crippen LogP contribution in [0.3, 0.4) is 0 Å². The zero-order chi connectivity index (χ0) is 16.4. The highest BCUT2D eigenvalue weighted by atomic mass is 15.0. The smallest absolute Gasteiger partial charge is 0.219 e. The molecule has 0 aliphatic heterocycles. The predicted molar refractivity (Wildman–Crippen MR) is 93.4 cm³/mol. The van der Waals surface area contributed by atoms with Crippen molar-refractivity contribution >= 4 is 5.95 Å². The highest BCUT2D eigenvalue weighted by molar-refractivity contribution is 5.66. The van der Waals surface area contributed by atoms with Crippen LogP contribution in [0.2, 0.25) is 0 Å². The lowest BCUT2D eigenvalue weighted by Gasteiger charge is -2.11. The molecule has 21 heavy (non-hydrogen) atoms. The highest BCUT2D eigenvalue weighted by Gasteiger charge is 2.06. The molecule has 2 aromatic rings. The molecule has 2 rings (SSSR count). The fourth-order valence-corrected chi connectivity index (χ4v) is 1.79. The molecule has 3 nitrogen and oxygen atoms in total. The summed E-state index contributed by atoms with van der Waals surface area (Å²) >= 11 is 0. The van der Waals surface area contributed by atoms with Gasteiger partial charge in [-0.2, -0.15) is 0 Å². The molecule has 1 heterocycles. The van der Waals surface area contributed by atoms with Crippen molar-refractivity contribution in [1.82, 2.24) is 9.97 Å². The Bertz CT molecular complexity index is 516. The summed E-state index contributed by atoms with van der Waals surface area (Å²) in [6, 6.07) is 6.51. The Labute approximate surface area is 129 Å². The van der Waals surface area contributed by atoms with E-state index in [1.54, 1.807) is 12.4 Å². The minimum Gasteiger partial charge on any atom is -0.368 e. The summed E-state index contributed by atoms with van der Waals surface area (Å²) < 4.78 is 0. The third kappa shape index (κ3) is 5.54. The normalized spacial score (nSPS) is 9.33. The number of hydrogen-bond donors (Lipinski definition) is 1. The van der Waals surface area contributed by atoms with E-state index in [-0.39, 0.29) is 0 Å². The van der Waals surface area contributed by atoms with Gasteiger partial charge < -0.3 is 5.73 Å². The van der Waals surface area contributed by atoms with Gasteiger partial charge in [0.2, 0.25) is 5.95 Å². The first-order valence-electron chi connectivity index (χ1n) is 7.76. The molecular formula is C18H29N3. The SMILES string of the molecule is CC.CC.Cc1ccc(C(C)C)cc1-c1cnc(N)nc1. The van der Waals surface area contributed by atoms with Crippen LogP contribution in [0.15, 0.2) is 30.6 Å². The largest absolute Gasteiger partial charge is 0.368 e. The average molecular weight is 287 g/mol. The van der Waals surface area contributed by atoms with E-state index in [0.29, 0.717) is 11.9 Å². The molecule has 3 heteroatoms. The van der Waals surface area contributed by atoms with Gasteiger partial charge in [-0.1, -0.05) is 59.7 Å². The van der Waals surface area contributed by atoms with Gasteiger partial charge in [-0.25, -0.2) is 9.97 Å². The molecule has 0 saturated carbocycles. The third-order valence-electron chi connectivity index (χ3n) is 2.91. The van der Waals surface area contributed by atoms with Crippen molar-refractivity contribution in [3.05, 3.63) is 41.7 Å². The quantitative estimate of drug-likeness (QED) is 0.824. The van der Waals surface area contributed by atoms with E-state index in [2.05, 4.69) is 48.9 Å². The van der Waals surface area contributed by atoms with Gasteiger partial charge in [0.25, 0.3) is 0 Å². The second kappa shape index (κ2) is 9.92. The number of nitrogens with two attached hydrogens (primary N) is 1. The maximum atomic E-state index is 5.50. The van der Waals surface area contributed by atoms with Crippen LogP contribution in [0.25, 0.3) is 11.1 Å². The first kappa shape index (κ1) is 19.1. The molecule has 0 spiro atoms. The van der Waals surface area contributed by atoms with Gasteiger partial charge in [0.15, 0.2) is 0 Å². The van der Waals surface area contributed by atoms with Crippen LogP contribution in [-0.2, 0) is 0 Å². The average Bonchev–Trinajstić information content (AvgIpc) is 2.52. The van der Waals surface area contributed by atoms with Crippen molar-refractivity contribution in [3.63, 3.8) is 0 Å². The van der Waals surface area contributed by atoms with Crippen molar-refractivity contribution in [2.24, 2.45) is 0 Å². The molecule has 1 aromatic carbocycles. The van der Waals surface area contributed by atoms with Crippen LogP contribution in [-0.4, -0.2) is 9.97 Å². The summed E-state index contributed by atoms with van der Waals surface area (Å²) in [7, 11) is 0. The number of hydrogen-bond acceptors (Lipinski definition) is 3. The Balaban J connectivity index is 0.000000921. The van der Waals surface area contributed by atoms with Gasteiger partial charge in [-0.15, -0.1) is 0 Å². The first-order chi connectivity index (χ1) is 10.1. The number of nitrogens with zero attached hydrogens (tertiary/aromatic N) is 2. The Hall–Kier alpha value is -1.90. The van der Waals surface area contributed by atoms with E-state index < -0.39 is 0 Å². The summed E-state index contributed by atoms with van der Waals surface area (Å²) in [5.74, 6) is 0.829. The number of anilines is 1. The minimum absolute atomic E-state index is 0.311. The van der Waals surface area contributed by atoms with E-state index in [1.165, 1.54) is 16.7 Å². The van der Waals surface area contributed by atoms with Crippen molar-refractivity contribution in [1.29, 1.82) is 0 Å². The van der Waals surface area contributed by atoms with Crippen LogP contribution in [0.5, 0.6) is 0 Å². The predicted octanol–water partition coefficient (Wildman–Crippen LogP) is 5.21. The monoisotopic (exact) mass is 287 g/mol.